The van der Waals surface area contributed by atoms with Gasteiger partial charge in [0.15, 0.2) is 0 Å². The molecule has 138 valence electrons. The van der Waals surface area contributed by atoms with Crippen molar-refractivity contribution in [3.8, 4) is 0 Å². The Balaban J connectivity index is 2.19. The molecule has 8 atom stereocenters. The molecule has 0 saturated heterocycles. The minimum Gasteiger partial charge on any atom is -0.393 e. The second-order valence-electron chi connectivity index (χ2n) is 9.33. The van der Waals surface area contributed by atoms with E-state index in [9.17, 15) is 9.90 Å². The minimum atomic E-state index is -0.637. The lowest BCUT2D eigenvalue weighted by atomic mass is 9.44. The summed E-state index contributed by atoms with van der Waals surface area (Å²) in [6.45, 7) is 8.58. The fraction of sp³-hybridized carbons (Fsp3) is 0.950. The number of hydrogen-bond donors (Lipinski definition) is 1. The molecule has 0 aromatic carbocycles. The summed E-state index contributed by atoms with van der Waals surface area (Å²) in [6.07, 6.45) is 4.24. The van der Waals surface area contributed by atoms with E-state index in [-0.39, 0.29) is 40.4 Å². The molecule has 2 bridgehead atoms. The molecule has 0 radical (unpaired) electrons. The maximum absolute atomic E-state index is 13.4. The van der Waals surface area contributed by atoms with Crippen molar-refractivity contribution in [3.63, 3.8) is 0 Å². The number of Topliss-reactive ketones (excluding diaryl/α,β-unsaturated/α-hetero) is 1. The summed E-state index contributed by atoms with van der Waals surface area (Å²) >= 11 is 6.25. The molecule has 0 spiro atoms. The van der Waals surface area contributed by atoms with Crippen LogP contribution in [0.15, 0.2) is 0 Å². The van der Waals surface area contributed by atoms with Crippen LogP contribution in [0.4, 0.5) is 0 Å². The number of carbonyl (C=O) groups excluding carboxylic acids is 1. The summed E-state index contributed by atoms with van der Waals surface area (Å²) in [7, 11) is 1.79. The lowest BCUT2D eigenvalue weighted by molar-refractivity contribution is -0.190. The number of hydrogen-bond acceptors (Lipinski definition) is 3. The van der Waals surface area contributed by atoms with Crippen molar-refractivity contribution < 1.29 is 14.6 Å². The molecular weight excluding hydrogens is 324 g/mol. The zero-order valence-corrected chi connectivity index (χ0v) is 16.5. The molecule has 0 aliphatic heterocycles. The van der Waals surface area contributed by atoms with Crippen LogP contribution in [0, 0.1) is 34.0 Å². The molecule has 0 heterocycles. The van der Waals surface area contributed by atoms with Gasteiger partial charge in [-0.3, -0.25) is 4.79 Å². The molecule has 0 amide bonds. The fourth-order valence-corrected chi connectivity index (χ4v) is 6.89. The van der Waals surface area contributed by atoms with Gasteiger partial charge in [-0.2, -0.15) is 0 Å². The summed E-state index contributed by atoms with van der Waals surface area (Å²) in [5.41, 5.74) is -0.909. The number of rotatable bonds is 2. The van der Waals surface area contributed by atoms with E-state index < -0.39 is 11.5 Å². The van der Waals surface area contributed by atoms with Gasteiger partial charge < -0.3 is 9.84 Å². The Kier molecular flexibility index (Phi) is 4.63. The van der Waals surface area contributed by atoms with E-state index in [0.29, 0.717) is 12.3 Å². The van der Waals surface area contributed by atoms with Crippen LogP contribution in [0.3, 0.4) is 0 Å². The van der Waals surface area contributed by atoms with Gasteiger partial charge in [0.1, 0.15) is 5.78 Å². The Morgan fingerprint density at radius 2 is 1.88 bits per heavy atom. The number of carbonyl (C=O) groups is 1. The van der Waals surface area contributed by atoms with E-state index in [0.717, 1.165) is 25.7 Å². The van der Waals surface area contributed by atoms with Crippen LogP contribution in [0.1, 0.15) is 59.8 Å². The van der Waals surface area contributed by atoms with E-state index >= 15 is 0 Å². The Labute approximate surface area is 151 Å². The Morgan fingerprint density at radius 3 is 2.46 bits per heavy atom. The Bertz CT molecular complexity index is 523. The fourth-order valence-electron chi connectivity index (χ4n) is 6.65. The van der Waals surface area contributed by atoms with Crippen molar-refractivity contribution in [2.45, 2.75) is 72.0 Å². The largest absolute Gasteiger partial charge is 0.393 e. The third kappa shape index (κ3) is 2.20. The quantitative estimate of drug-likeness (QED) is 0.759. The zero-order valence-electron chi connectivity index (χ0n) is 15.8. The van der Waals surface area contributed by atoms with Crippen LogP contribution in [0.25, 0.3) is 0 Å². The molecule has 3 aliphatic carbocycles. The second kappa shape index (κ2) is 5.96. The highest BCUT2D eigenvalue weighted by atomic mass is 35.5. The summed E-state index contributed by atoms with van der Waals surface area (Å²) in [6, 6.07) is 0. The van der Waals surface area contributed by atoms with Crippen LogP contribution in [0.5, 0.6) is 0 Å². The molecule has 3 fully saturated rings. The molecule has 0 unspecified atom stereocenters. The minimum absolute atomic E-state index is 0.0225. The number of halogens is 1. The molecule has 3 rings (SSSR count). The molecule has 0 aromatic rings. The Hall–Kier alpha value is -0.120. The van der Waals surface area contributed by atoms with Crippen molar-refractivity contribution in [2.24, 2.45) is 34.0 Å². The molecule has 3 nitrogen and oxygen atoms in total. The van der Waals surface area contributed by atoms with Gasteiger partial charge in [0, 0.05) is 29.7 Å². The first-order valence-electron chi connectivity index (χ1n) is 9.48. The van der Waals surface area contributed by atoms with Crippen molar-refractivity contribution in [2.75, 3.05) is 13.0 Å². The molecule has 3 saturated carbocycles. The number of aliphatic hydroxyl groups is 1. The highest BCUT2D eigenvalue weighted by molar-refractivity contribution is 6.20. The van der Waals surface area contributed by atoms with Crippen molar-refractivity contribution >= 4 is 17.4 Å². The summed E-state index contributed by atoms with van der Waals surface area (Å²) in [4.78, 5) is 13.4. The number of ketones is 1. The van der Waals surface area contributed by atoms with E-state index in [1.807, 2.05) is 6.92 Å². The Morgan fingerprint density at radius 1 is 1.25 bits per heavy atom. The zero-order chi connectivity index (χ0) is 17.9. The average molecular weight is 357 g/mol. The summed E-state index contributed by atoms with van der Waals surface area (Å²) < 4.78 is 5.88. The van der Waals surface area contributed by atoms with Crippen LogP contribution in [0.2, 0.25) is 0 Å². The molecule has 3 aliphatic rings. The van der Waals surface area contributed by atoms with E-state index in [1.54, 1.807) is 7.11 Å². The summed E-state index contributed by atoms with van der Waals surface area (Å²) in [5.74, 6) is 1.17. The standard InChI is InChI=1S/C20H33ClO3/c1-12-6-8-20-9-7-14(24-5)16(20)19(12,4)15(22)10-18(3,11-21)17(23)13(20)2/h12-16,22H,6-11H2,1-5H3/t12-,13+,14-,15-,16-,18+,19+,20+/m1/s1. The number of aliphatic hydroxyl groups excluding tert-OH is 1. The smallest absolute Gasteiger partial charge is 0.143 e. The van der Waals surface area contributed by atoms with Crippen LogP contribution >= 0.6 is 11.6 Å². The molecule has 4 heteroatoms. The SMILES string of the molecule is CO[C@@H]1CC[C@@]23CC[C@@H](C)[C@@](C)([C@H](O)C[C@@](C)(CCl)C(=O)[C@@H]2C)[C@@H]13. The maximum atomic E-state index is 13.4. The number of ether oxygens (including phenoxy) is 1. The van der Waals surface area contributed by atoms with E-state index in [4.69, 9.17) is 16.3 Å². The van der Waals surface area contributed by atoms with Gasteiger partial charge in [0.2, 0.25) is 0 Å². The van der Waals surface area contributed by atoms with Gasteiger partial charge in [0.05, 0.1) is 12.2 Å². The van der Waals surface area contributed by atoms with Crippen molar-refractivity contribution in [3.05, 3.63) is 0 Å². The van der Waals surface area contributed by atoms with Crippen LogP contribution < -0.4 is 0 Å². The van der Waals surface area contributed by atoms with Gasteiger partial charge in [-0.1, -0.05) is 27.7 Å². The van der Waals surface area contributed by atoms with E-state index in [1.165, 1.54) is 0 Å². The number of methoxy groups -OCH3 is 1. The van der Waals surface area contributed by atoms with Crippen molar-refractivity contribution in [1.82, 2.24) is 0 Å². The van der Waals surface area contributed by atoms with E-state index in [2.05, 4.69) is 20.8 Å². The normalized spacial score (nSPS) is 55.0. The third-order valence-electron chi connectivity index (χ3n) is 8.47. The first-order valence-corrected chi connectivity index (χ1v) is 10.0. The van der Waals surface area contributed by atoms with Gasteiger partial charge in [-0.15, -0.1) is 11.6 Å². The van der Waals surface area contributed by atoms with Crippen LogP contribution in [-0.2, 0) is 9.53 Å². The first kappa shape index (κ1) is 18.7. The predicted octanol–water partition coefficient (Wildman–Crippen LogP) is 4.05. The molecule has 24 heavy (non-hydrogen) atoms. The van der Waals surface area contributed by atoms with Crippen LogP contribution in [-0.4, -0.2) is 36.1 Å². The molecule has 1 N–H and O–H groups in total. The third-order valence-corrected chi connectivity index (χ3v) is 9.06. The first-order chi connectivity index (χ1) is 11.2. The lowest BCUT2D eigenvalue weighted by Crippen LogP contribution is -2.62. The maximum Gasteiger partial charge on any atom is 0.143 e. The predicted molar refractivity (Wildman–Crippen MR) is 96.1 cm³/mol. The number of alkyl halides is 1. The summed E-state index contributed by atoms with van der Waals surface area (Å²) in [5, 5.41) is 11.3. The molecule has 0 aromatic heterocycles. The lowest BCUT2D eigenvalue weighted by Gasteiger charge is -2.61. The van der Waals surface area contributed by atoms with Gasteiger partial charge in [-0.05, 0) is 49.4 Å². The highest BCUT2D eigenvalue weighted by Crippen LogP contribution is 2.68. The highest BCUT2D eigenvalue weighted by Gasteiger charge is 2.67. The van der Waals surface area contributed by atoms with Crippen molar-refractivity contribution in [1.29, 1.82) is 0 Å². The monoisotopic (exact) mass is 356 g/mol. The topological polar surface area (TPSA) is 46.5 Å². The van der Waals surface area contributed by atoms with Gasteiger partial charge in [0.25, 0.3) is 0 Å². The second-order valence-corrected chi connectivity index (χ2v) is 9.60. The average Bonchev–Trinajstić information content (AvgIpc) is 2.96. The van der Waals surface area contributed by atoms with Gasteiger partial charge >= 0.3 is 0 Å². The molecular formula is C20H33ClO3. The van der Waals surface area contributed by atoms with Gasteiger partial charge in [-0.25, -0.2) is 0 Å².